The van der Waals surface area contributed by atoms with E-state index in [1.807, 2.05) is 0 Å². The molecule has 2 atom stereocenters. The van der Waals surface area contributed by atoms with Crippen molar-refractivity contribution < 1.29 is 0 Å². The summed E-state index contributed by atoms with van der Waals surface area (Å²) >= 11 is 0. The third-order valence-electron chi connectivity index (χ3n) is 3.71. The molecule has 1 aliphatic rings. The maximum Gasteiger partial charge on any atom is 0.108 e. The van der Waals surface area contributed by atoms with Gasteiger partial charge in [0.05, 0.1) is 6.07 Å². The Kier molecular flexibility index (Phi) is 6.62. The molecule has 0 aromatic heterocycles. The number of rotatable bonds is 7. The van der Waals surface area contributed by atoms with Crippen molar-refractivity contribution in [3.8, 4) is 6.07 Å². The second kappa shape index (κ2) is 7.73. The first kappa shape index (κ1) is 15.4. The Balaban J connectivity index is 2.39. The number of hydrogen-bond acceptors (Lipinski definition) is 4. The maximum atomic E-state index is 9.15. The fraction of sp³-hybridized carbons (Fsp3) is 0.929. The molecule has 0 bridgehead atoms. The van der Waals surface area contributed by atoms with E-state index in [4.69, 9.17) is 5.26 Å². The van der Waals surface area contributed by atoms with Crippen LogP contribution < -0.4 is 5.32 Å². The van der Waals surface area contributed by atoms with Gasteiger partial charge in [-0.05, 0) is 39.9 Å². The lowest BCUT2D eigenvalue weighted by molar-refractivity contribution is 0.207. The Labute approximate surface area is 112 Å². The van der Waals surface area contributed by atoms with Gasteiger partial charge >= 0.3 is 0 Å². The van der Waals surface area contributed by atoms with E-state index >= 15 is 0 Å². The highest BCUT2D eigenvalue weighted by Crippen LogP contribution is 2.15. The van der Waals surface area contributed by atoms with Crippen LogP contribution in [0.15, 0.2) is 0 Å². The molecule has 104 valence electrons. The van der Waals surface area contributed by atoms with Crippen molar-refractivity contribution in [2.75, 3.05) is 32.7 Å². The Morgan fingerprint density at radius 2 is 2.06 bits per heavy atom. The maximum absolute atomic E-state index is 9.15. The molecule has 0 aliphatic carbocycles. The van der Waals surface area contributed by atoms with Crippen LogP contribution in [-0.2, 0) is 0 Å². The van der Waals surface area contributed by atoms with Gasteiger partial charge in [-0.2, -0.15) is 5.26 Å². The van der Waals surface area contributed by atoms with E-state index in [-0.39, 0.29) is 6.04 Å². The third-order valence-corrected chi connectivity index (χ3v) is 3.71. The van der Waals surface area contributed by atoms with Gasteiger partial charge in [-0.25, -0.2) is 0 Å². The molecule has 1 fully saturated rings. The van der Waals surface area contributed by atoms with Crippen molar-refractivity contribution in [1.82, 2.24) is 15.1 Å². The average molecular weight is 252 g/mol. The van der Waals surface area contributed by atoms with E-state index < -0.39 is 0 Å². The van der Waals surface area contributed by atoms with E-state index in [0.29, 0.717) is 12.1 Å². The van der Waals surface area contributed by atoms with E-state index in [2.05, 4.69) is 48.9 Å². The quantitative estimate of drug-likeness (QED) is 0.741. The van der Waals surface area contributed by atoms with Crippen LogP contribution in [0.2, 0.25) is 0 Å². The molecule has 4 heteroatoms. The number of nitrogens with zero attached hydrogens (tertiary/aromatic N) is 3. The van der Waals surface area contributed by atoms with Crippen LogP contribution in [0, 0.1) is 11.3 Å². The van der Waals surface area contributed by atoms with Crippen LogP contribution in [0.25, 0.3) is 0 Å². The molecule has 0 saturated carbocycles. The van der Waals surface area contributed by atoms with Crippen LogP contribution in [-0.4, -0.2) is 60.6 Å². The standard InChI is InChI=1S/C14H28N4/c1-5-18(6-2)14-7-8-17(11-14)10-13(9-15)16-12(3)4/h12-14,16H,5-8,10-11H2,1-4H3. The number of nitriles is 1. The molecule has 2 unspecified atom stereocenters. The number of likely N-dealkylation sites (N-methyl/N-ethyl adjacent to an activating group) is 1. The minimum atomic E-state index is -0.0412. The summed E-state index contributed by atoms with van der Waals surface area (Å²) in [5.41, 5.74) is 0. The molecular formula is C14H28N4. The monoisotopic (exact) mass is 252 g/mol. The van der Waals surface area contributed by atoms with Gasteiger partial charge in [0.2, 0.25) is 0 Å². The summed E-state index contributed by atoms with van der Waals surface area (Å²) in [6.45, 7) is 14.0. The van der Waals surface area contributed by atoms with Gasteiger partial charge in [0.15, 0.2) is 0 Å². The third kappa shape index (κ3) is 4.56. The Hall–Kier alpha value is -0.630. The van der Waals surface area contributed by atoms with Gasteiger partial charge in [0.25, 0.3) is 0 Å². The normalized spacial score (nSPS) is 22.6. The summed E-state index contributed by atoms with van der Waals surface area (Å²) in [5.74, 6) is 0. The second-order valence-electron chi connectivity index (χ2n) is 5.43. The second-order valence-corrected chi connectivity index (χ2v) is 5.43. The smallest absolute Gasteiger partial charge is 0.108 e. The molecule has 0 aromatic carbocycles. The lowest BCUT2D eigenvalue weighted by Gasteiger charge is -2.27. The lowest BCUT2D eigenvalue weighted by Crippen LogP contribution is -2.44. The SMILES string of the molecule is CCN(CC)C1CCN(CC(C#N)NC(C)C)C1. The minimum absolute atomic E-state index is 0.0412. The zero-order valence-electron chi connectivity index (χ0n) is 12.3. The topological polar surface area (TPSA) is 42.3 Å². The highest BCUT2D eigenvalue weighted by Gasteiger charge is 2.27. The van der Waals surface area contributed by atoms with Crippen LogP contribution in [0.1, 0.15) is 34.1 Å². The fourth-order valence-electron chi connectivity index (χ4n) is 2.81. The number of likely N-dealkylation sites (tertiary alicyclic amines) is 1. The average Bonchev–Trinajstić information content (AvgIpc) is 2.78. The van der Waals surface area contributed by atoms with Gasteiger partial charge < -0.3 is 0 Å². The van der Waals surface area contributed by atoms with Crippen molar-refractivity contribution in [1.29, 1.82) is 5.26 Å². The fourth-order valence-corrected chi connectivity index (χ4v) is 2.81. The van der Waals surface area contributed by atoms with Crippen LogP contribution in [0.3, 0.4) is 0 Å². The first-order valence-electron chi connectivity index (χ1n) is 7.22. The molecule has 0 radical (unpaired) electrons. The molecule has 1 rings (SSSR count). The zero-order chi connectivity index (χ0) is 13.5. The number of nitrogens with one attached hydrogen (secondary N) is 1. The summed E-state index contributed by atoms with van der Waals surface area (Å²) < 4.78 is 0. The van der Waals surface area contributed by atoms with E-state index in [9.17, 15) is 0 Å². The molecule has 0 spiro atoms. The van der Waals surface area contributed by atoms with Crippen LogP contribution >= 0.6 is 0 Å². The summed E-state index contributed by atoms with van der Waals surface area (Å²) in [7, 11) is 0. The van der Waals surface area contributed by atoms with Gasteiger partial charge in [0.1, 0.15) is 6.04 Å². The molecule has 1 saturated heterocycles. The molecule has 18 heavy (non-hydrogen) atoms. The summed E-state index contributed by atoms with van der Waals surface area (Å²) in [5, 5.41) is 12.5. The largest absolute Gasteiger partial charge is 0.300 e. The van der Waals surface area contributed by atoms with Crippen molar-refractivity contribution in [3.05, 3.63) is 0 Å². The van der Waals surface area contributed by atoms with Gasteiger partial charge in [-0.15, -0.1) is 0 Å². The predicted octanol–water partition coefficient (Wildman–Crippen LogP) is 1.29. The van der Waals surface area contributed by atoms with Crippen molar-refractivity contribution in [2.24, 2.45) is 0 Å². The van der Waals surface area contributed by atoms with Crippen molar-refractivity contribution >= 4 is 0 Å². The molecule has 1 N–H and O–H groups in total. The predicted molar refractivity (Wildman–Crippen MR) is 75.4 cm³/mol. The zero-order valence-corrected chi connectivity index (χ0v) is 12.3. The van der Waals surface area contributed by atoms with Crippen LogP contribution in [0.4, 0.5) is 0 Å². The summed E-state index contributed by atoms with van der Waals surface area (Å²) in [6, 6.07) is 3.37. The first-order valence-corrected chi connectivity index (χ1v) is 7.22. The molecule has 0 amide bonds. The van der Waals surface area contributed by atoms with Gasteiger partial charge in [-0.3, -0.25) is 15.1 Å². The number of hydrogen-bond donors (Lipinski definition) is 1. The highest BCUT2D eigenvalue weighted by molar-refractivity contribution is 4.95. The Bertz CT molecular complexity index is 267. The Morgan fingerprint density at radius 1 is 1.39 bits per heavy atom. The highest BCUT2D eigenvalue weighted by atomic mass is 15.3. The Morgan fingerprint density at radius 3 is 2.56 bits per heavy atom. The first-order chi connectivity index (χ1) is 8.60. The summed E-state index contributed by atoms with van der Waals surface area (Å²) in [4.78, 5) is 4.95. The van der Waals surface area contributed by atoms with E-state index in [1.165, 1.54) is 6.42 Å². The molecule has 1 aliphatic heterocycles. The van der Waals surface area contributed by atoms with Crippen molar-refractivity contribution in [3.63, 3.8) is 0 Å². The van der Waals surface area contributed by atoms with Gasteiger partial charge in [0, 0.05) is 25.2 Å². The lowest BCUT2D eigenvalue weighted by atomic mass is 10.2. The molecule has 0 aromatic rings. The van der Waals surface area contributed by atoms with Crippen molar-refractivity contribution in [2.45, 2.75) is 52.2 Å². The van der Waals surface area contributed by atoms with Crippen LogP contribution in [0.5, 0.6) is 0 Å². The minimum Gasteiger partial charge on any atom is -0.300 e. The van der Waals surface area contributed by atoms with E-state index in [0.717, 1.165) is 32.7 Å². The molecular weight excluding hydrogens is 224 g/mol. The molecule has 4 nitrogen and oxygen atoms in total. The van der Waals surface area contributed by atoms with E-state index in [1.54, 1.807) is 0 Å². The molecule has 1 heterocycles. The summed E-state index contributed by atoms with van der Waals surface area (Å²) in [6.07, 6.45) is 1.24. The van der Waals surface area contributed by atoms with Gasteiger partial charge in [-0.1, -0.05) is 13.8 Å².